The Bertz CT molecular complexity index is 2330. The Morgan fingerprint density at radius 2 is 1.30 bits per heavy atom. The summed E-state index contributed by atoms with van der Waals surface area (Å²) >= 11 is 1.77. The van der Waals surface area contributed by atoms with Gasteiger partial charge in [-0.2, -0.15) is 0 Å². The first kappa shape index (κ1) is 62.3. The molecule has 0 unspecified atom stereocenters. The molecule has 0 fully saturated rings. The van der Waals surface area contributed by atoms with Crippen molar-refractivity contribution in [1.82, 2.24) is 19.9 Å². The second-order valence-corrected chi connectivity index (χ2v) is 16.7. The van der Waals surface area contributed by atoms with Crippen molar-refractivity contribution in [3.05, 3.63) is 111 Å². The highest BCUT2D eigenvalue weighted by Crippen LogP contribution is 2.22. The number of anilines is 4. The maximum atomic E-state index is 13.3. The predicted molar refractivity (Wildman–Crippen MR) is 270 cm³/mol. The molecule has 0 atom stereocenters. The van der Waals surface area contributed by atoms with E-state index in [0.29, 0.717) is 44.0 Å². The average Bonchev–Trinajstić information content (AvgIpc) is 3.31. The van der Waals surface area contributed by atoms with Crippen LogP contribution in [0.5, 0.6) is 0 Å². The van der Waals surface area contributed by atoms with E-state index in [4.69, 9.17) is 25.7 Å². The van der Waals surface area contributed by atoms with Gasteiger partial charge in [0.15, 0.2) is 5.82 Å². The number of hydrogen-bond donors (Lipinski definition) is 4. The summed E-state index contributed by atoms with van der Waals surface area (Å²) in [6.07, 6.45) is 14.8. The van der Waals surface area contributed by atoms with Gasteiger partial charge in [-0.15, -0.1) is 0 Å². The second-order valence-electron chi connectivity index (χ2n) is 15.7. The molecule has 2 amide bonds. The van der Waals surface area contributed by atoms with Crippen LogP contribution in [0.15, 0.2) is 67.8 Å². The lowest BCUT2D eigenvalue weighted by atomic mass is 10.1. The van der Waals surface area contributed by atoms with Crippen molar-refractivity contribution >= 4 is 81.8 Å². The molecule has 22 heteroatoms. The molecule has 6 N–H and O–H groups in total. The molecule has 0 aromatic carbocycles. The Balaban J connectivity index is 0.000000451. The van der Waals surface area contributed by atoms with E-state index in [9.17, 15) is 41.5 Å². The number of carbonyl (C=O) groups excluding carboxylic acids is 5. The summed E-state index contributed by atoms with van der Waals surface area (Å²) in [4.78, 5) is 70.3. The summed E-state index contributed by atoms with van der Waals surface area (Å²) in [6, 6.07) is 4.94. The van der Waals surface area contributed by atoms with Gasteiger partial charge in [0.25, 0.3) is 0 Å². The molecule has 1 aliphatic rings. The van der Waals surface area contributed by atoms with Gasteiger partial charge in [0.1, 0.15) is 46.3 Å². The number of halogens is 5. The summed E-state index contributed by atoms with van der Waals surface area (Å²) in [7, 11) is 0. The first-order valence-corrected chi connectivity index (χ1v) is 23.6. The van der Waals surface area contributed by atoms with Crippen LogP contribution in [-0.4, -0.2) is 75.3 Å². The van der Waals surface area contributed by atoms with Crippen molar-refractivity contribution in [3.8, 4) is 0 Å². The van der Waals surface area contributed by atoms with E-state index in [0.717, 1.165) is 44.6 Å². The smallest absolute Gasteiger partial charge is 0.413 e. The number of hydrogen-bond acceptors (Lipinski definition) is 15. The third-order valence-corrected chi connectivity index (χ3v) is 9.72. The highest BCUT2D eigenvalue weighted by Gasteiger charge is 2.19. The highest BCUT2D eigenvalue weighted by atomic mass is 127. The van der Waals surface area contributed by atoms with Crippen molar-refractivity contribution in [3.63, 3.8) is 0 Å². The number of unbranched alkanes of at least 4 members (excludes halogenated alkanes) is 3. The lowest BCUT2D eigenvalue weighted by Crippen LogP contribution is -2.27. The number of nitrogens with zero attached hydrogens (tertiary/aromatic N) is 4. The molecular formula is C49H63F4IN8O9. The summed E-state index contributed by atoms with van der Waals surface area (Å²) in [6.45, 7) is 15.9. The van der Waals surface area contributed by atoms with E-state index in [1.807, 2.05) is 20.8 Å². The van der Waals surface area contributed by atoms with E-state index in [1.165, 1.54) is 61.2 Å². The number of pyridine rings is 4. The Morgan fingerprint density at radius 3 is 1.87 bits per heavy atom. The maximum absolute atomic E-state index is 13.3. The number of fused-ring (bicyclic) bond motifs is 1. The van der Waals surface area contributed by atoms with Gasteiger partial charge in [-0.3, -0.25) is 14.9 Å². The number of amides is 2. The highest BCUT2D eigenvalue weighted by molar-refractivity contribution is 14.1. The molecule has 4 aromatic rings. The summed E-state index contributed by atoms with van der Waals surface area (Å²) < 4.78 is 72.5. The molecular weight excluding hydrogens is 1050 g/mol. The summed E-state index contributed by atoms with van der Waals surface area (Å²) in [5.74, 6) is -2.24. The van der Waals surface area contributed by atoms with Gasteiger partial charge in [0.2, 0.25) is 5.91 Å². The van der Waals surface area contributed by atoms with Crippen molar-refractivity contribution in [1.29, 1.82) is 0 Å². The van der Waals surface area contributed by atoms with Crippen LogP contribution in [0.1, 0.15) is 110 Å². The van der Waals surface area contributed by atoms with E-state index in [2.05, 4.69) is 41.9 Å². The van der Waals surface area contributed by atoms with Gasteiger partial charge in [-0.05, 0) is 106 Å². The molecule has 1 aliphatic heterocycles. The number of carbonyl (C=O) groups is 5. The maximum Gasteiger partial charge on any atom is 0.413 e. The fourth-order valence-electron chi connectivity index (χ4n) is 5.04. The lowest BCUT2D eigenvalue weighted by molar-refractivity contribution is -0.143. The molecule has 5 heterocycles. The van der Waals surface area contributed by atoms with Crippen LogP contribution in [-0.2, 0) is 51.0 Å². The minimum atomic E-state index is -0.650. The molecule has 388 valence electrons. The van der Waals surface area contributed by atoms with E-state index in [1.54, 1.807) is 43.4 Å². The predicted octanol–water partition coefficient (Wildman–Crippen LogP) is 10.0. The SMILES string of the molecule is C=CC(=O)OCCCC.CC(C)(C)OC(=O)Nc1nccc(F)c1I.CCCCOC(=O)/C=C/c1c(F)ccnc1N.CCCCOC(=O)CCc1c(F)ccnc1N.O=C1CCc2c(F)ccnc2N1. The number of aromatic nitrogens is 4. The fraction of sp³-hybridized carbons (Fsp3) is 0.408. The number of nitrogen functional groups attached to an aromatic ring is 2. The van der Waals surface area contributed by atoms with Crippen molar-refractivity contribution in [2.45, 2.75) is 111 Å². The topological polar surface area (TPSA) is 250 Å². The Hall–Kier alpha value is -6.72. The molecule has 0 aliphatic carbocycles. The van der Waals surface area contributed by atoms with Gasteiger partial charge < -0.3 is 35.7 Å². The van der Waals surface area contributed by atoms with E-state index < -0.39 is 35.1 Å². The number of nitrogens with one attached hydrogen (secondary N) is 2. The molecule has 4 aromatic heterocycles. The number of esters is 3. The third-order valence-electron chi connectivity index (χ3n) is 8.70. The van der Waals surface area contributed by atoms with Gasteiger partial charge in [-0.25, -0.2) is 51.9 Å². The molecule has 17 nitrogen and oxygen atoms in total. The minimum absolute atomic E-state index is 0.0441. The molecule has 5 rings (SSSR count). The Morgan fingerprint density at radius 1 is 0.761 bits per heavy atom. The van der Waals surface area contributed by atoms with Crippen LogP contribution >= 0.6 is 22.6 Å². The zero-order chi connectivity index (χ0) is 53.4. The van der Waals surface area contributed by atoms with Crippen molar-refractivity contribution < 1.29 is 60.5 Å². The molecule has 0 bridgehead atoms. The van der Waals surface area contributed by atoms with Crippen LogP contribution in [0.3, 0.4) is 0 Å². The van der Waals surface area contributed by atoms with E-state index in [-0.39, 0.29) is 68.7 Å². The molecule has 0 saturated carbocycles. The van der Waals surface area contributed by atoms with E-state index >= 15 is 0 Å². The third kappa shape index (κ3) is 26.7. The molecule has 0 radical (unpaired) electrons. The first-order chi connectivity index (χ1) is 33.7. The zero-order valence-corrected chi connectivity index (χ0v) is 42.9. The summed E-state index contributed by atoms with van der Waals surface area (Å²) in [5.41, 5.74) is 11.3. The largest absolute Gasteiger partial charge is 0.466 e. The number of ether oxygens (including phenoxy) is 4. The number of nitrogens with two attached hydrogens (primary N) is 2. The Kier molecular flexibility index (Phi) is 30.3. The van der Waals surface area contributed by atoms with Gasteiger partial charge in [-0.1, -0.05) is 46.6 Å². The first-order valence-electron chi connectivity index (χ1n) is 22.5. The van der Waals surface area contributed by atoms with Crippen molar-refractivity contribution in [2.24, 2.45) is 0 Å². The lowest BCUT2D eigenvalue weighted by Gasteiger charge is -2.19. The van der Waals surface area contributed by atoms with Crippen LogP contribution in [0.4, 0.5) is 45.6 Å². The van der Waals surface area contributed by atoms with Crippen LogP contribution in [0.25, 0.3) is 6.08 Å². The fourth-order valence-corrected chi connectivity index (χ4v) is 5.49. The van der Waals surface area contributed by atoms with Crippen molar-refractivity contribution in [2.75, 3.05) is 41.9 Å². The monoisotopic (exact) mass is 1110 g/mol. The molecule has 0 spiro atoms. The van der Waals surface area contributed by atoms with Crippen LogP contribution in [0.2, 0.25) is 0 Å². The second kappa shape index (κ2) is 34.6. The zero-order valence-electron chi connectivity index (χ0n) is 40.8. The standard InChI is InChI=1S/C12H17FN2O2.C12H15FN2O2.C10H12FIN2O2.C8H7FN2O.C7H12O2/c2*1-2-3-8-17-11(16)5-4-9-10(13)6-7-15-12(9)14;1-10(2,3)16-9(15)14-8-7(12)6(11)4-5-13-8;9-6-3-4-10-8-5(6)1-2-7(12)11-8;1-3-5-6-9-7(8)4-2/h6-7H,2-5,8H2,1H3,(H2,14,15);4-7H,2-3,8H2,1H3,(H2,14,15);4-5H,1-3H3,(H,13,14,15);3-4H,1-2H2,(H,10,11,12);4H,2-3,5-6H2,1H3/b;5-4+;;;. The number of rotatable bonds is 16. The average molecular weight is 1110 g/mol. The molecule has 71 heavy (non-hydrogen) atoms. The van der Waals surface area contributed by atoms with Gasteiger partial charge in [0, 0.05) is 60.9 Å². The summed E-state index contributed by atoms with van der Waals surface area (Å²) in [5, 5.41) is 4.90. The van der Waals surface area contributed by atoms with Gasteiger partial charge in [0.05, 0.1) is 29.0 Å². The molecule has 0 saturated heterocycles. The van der Waals surface area contributed by atoms with Crippen LogP contribution in [0, 0.1) is 26.8 Å². The Labute approximate surface area is 425 Å². The normalized spacial score (nSPS) is 11.2. The minimum Gasteiger partial charge on any atom is -0.466 e. The quantitative estimate of drug-likeness (QED) is 0.0203. The van der Waals surface area contributed by atoms with Crippen LogP contribution < -0.4 is 22.1 Å². The van der Waals surface area contributed by atoms with Gasteiger partial charge >= 0.3 is 24.0 Å².